The number of rotatable bonds is 5. The van der Waals surface area contributed by atoms with Gasteiger partial charge in [-0.1, -0.05) is 0 Å². The number of amides is 1. The highest BCUT2D eigenvalue weighted by Crippen LogP contribution is 2.33. The summed E-state index contributed by atoms with van der Waals surface area (Å²) >= 11 is 0. The fraction of sp³-hybridized carbons (Fsp3) is 0.625. The first-order valence-corrected chi connectivity index (χ1v) is 7.88. The van der Waals surface area contributed by atoms with E-state index in [1.165, 1.54) is 12.8 Å². The lowest BCUT2D eigenvalue weighted by molar-refractivity contribution is -0.117. The third-order valence-electron chi connectivity index (χ3n) is 4.37. The number of nitrogens with zero attached hydrogens (tertiary/aromatic N) is 1. The molecule has 1 amide bonds. The molecule has 2 aliphatic heterocycles. The summed E-state index contributed by atoms with van der Waals surface area (Å²) in [5, 5.41) is 6.55. The van der Waals surface area contributed by atoms with Gasteiger partial charge in [-0.15, -0.1) is 0 Å². The Morgan fingerprint density at radius 2 is 2.19 bits per heavy atom. The van der Waals surface area contributed by atoms with Crippen molar-refractivity contribution in [3.05, 3.63) is 18.3 Å². The molecule has 0 spiro atoms. The lowest BCUT2D eigenvalue weighted by Crippen LogP contribution is -2.39. The molecule has 3 heterocycles. The number of nitrogens with one attached hydrogen (secondary N) is 2. The van der Waals surface area contributed by atoms with Crippen molar-refractivity contribution in [2.45, 2.75) is 51.1 Å². The van der Waals surface area contributed by atoms with Gasteiger partial charge in [-0.3, -0.25) is 4.79 Å². The summed E-state index contributed by atoms with van der Waals surface area (Å²) in [5.74, 6) is 1.06. The second kappa shape index (κ2) is 6.43. The number of carbonyl (C=O) groups is 1. The summed E-state index contributed by atoms with van der Waals surface area (Å²) in [5.41, 5.74) is 0.668. The zero-order valence-electron chi connectivity index (χ0n) is 12.5. The summed E-state index contributed by atoms with van der Waals surface area (Å²) < 4.78 is 5.44. The zero-order valence-corrected chi connectivity index (χ0v) is 12.5. The van der Waals surface area contributed by atoms with Gasteiger partial charge in [0, 0.05) is 24.7 Å². The Kier molecular flexibility index (Phi) is 4.39. The molecule has 5 nitrogen and oxygen atoms in total. The number of aromatic nitrogens is 1. The summed E-state index contributed by atoms with van der Waals surface area (Å²) in [6.45, 7) is 2.45. The summed E-state index contributed by atoms with van der Waals surface area (Å²) in [7, 11) is 0. The maximum atomic E-state index is 12.3. The van der Waals surface area contributed by atoms with E-state index in [-0.39, 0.29) is 5.91 Å². The third kappa shape index (κ3) is 3.53. The quantitative estimate of drug-likeness (QED) is 0.873. The van der Waals surface area contributed by atoms with Crippen molar-refractivity contribution in [1.29, 1.82) is 0 Å². The van der Waals surface area contributed by atoms with E-state index < -0.39 is 0 Å². The van der Waals surface area contributed by atoms with Crippen LogP contribution in [0.25, 0.3) is 0 Å². The monoisotopic (exact) mass is 289 g/mol. The number of ether oxygens (including phenoxy) is 1. The number of carbonyl (C=O) groups excluding carboxylic acids is 1. The predicted octanol–water partition coefficient (Wildman–Crippen LogP) is 2.34. The van der Waals surface area contributed by atoms with Gasteiger partial charge in [0.05, 0.1) is 6.61 Å². The molecule has 2 fully saturated rings. The molecule has 0 aromatic carbocycles. The largest absolute Gasteiger partial charge is 0.476 e. The van der Waals surface area contributed by atoms with Crippen LogP contribution in [-0.2, 0) is 4.79 Å². The molecule has 1 aromatic rings. The molecule has 21 heavy (non-hydrogen) atoms. The highest BCUT2D eigenvalue weighted by Gasteiger charge is 2.34. The van der Waals surface area contributed by atoms with E-state index in [4.69, 9.17) is 4.74 Å². The number of pyridine rings is 1. The van der Waals surface area contributed by atoms with Crippen molar-refractivity contribution in [3.63, 3.8) is 0 Å². The number of anilines is 1. The van der Waals surface area contributed by atoms with Crippen LogP contribution in [0.1, 0.15) is 39.0 Å². The Labute approximate surface area is 125 Å². The van der Waals surface area contributed by atoms with E-state index in [1.54, 1.807) is 6.20 Å². The maximum Gasteiger partial charge on any atom is 0.237 e. The highest BCUT2D eigenvalue weighted by atomic mass is 16.5. The first-order chi connectivity index (χ1) is 10.2. The van der Waals surface area contributed by atoms with Crippen molar-refractivity contribution in [3.8, 4) is 5.88 Å². The normalized spacial score (nSPS) is 27.4. The molecular weight excluding hydrogens is 266 g/mol. The van der Waals surface area contributed by atoms with Crippen molar-refractivity contribution in [1.82, 2.24) is 10.3 Å². The standard InChI is InChI=1S/C16H23N3O2/c1-2-21-16-14(4-3-7-17-16)19-15(20)10-11-8-12-5-6-13(9-11)18-12/h3-4,7,11-13,18H,2,5-6,8-10H2,1H3,(H,19,20). The van der Waals surface area contributed by atoms with Crippen LogP contribution >= 0.6 is 0 Å². The Morgan fingerprint density at radius 3 is 2.90 bits per heavy atom. The van der Waals surface area contributed by atoms with Crippen LogP contribution in [0.5, 0.6) is 5.88 Å². The topological polar surface area (TPSA) is 63.2 Å². The van der Waals surface area contributed by atoms with Gasteiger partial charge in [0.15, 0.2) is 0 Å². The smallest absolute Gasteiger partial charge is 0.237 e. The van der Waals surface area contributed by atoms with Crippen LogP contribution in [0.3, 0.4) is 0 Å². The Hall–Kier alpha value is -1.62. The second-order valence-electron chi connectivity index (χ2n) is 6.02. The molecule has 2 saturated heterocycles. The van der Waals surface area contributed by atoms with Crippen LogP contribution in [0.4, 0.5) is 5.69 Å². The van der Waals surface area contributed by atoms with Crippen LogP contribution < -0.4 is 15.4 Å². The maximum absolute atomic E-state index is 12.3. The molecule has 5 heteroatoms. The molecule has 0 radical (unpaired) electrons. The van der Waals surface area contributed by atoms with Gasteiger partial charge in [-0.2, -0.15) is 0 Å². The molecule has 2 unspecified atom stereocenters. The molecular formula is C16H23N3O2. The Bertz CT molecular complexity index is 494. The highest BCUT2D eigenvalue weighted by molar-refractivity contribution is 5.92. The SMILES string of the molecule is CCOc1ncccc1NC(=O)CC1CC2CCC(C1)N2. The van der Waals surface area contributed by atoms with Crippen molar-refractivity contribution in [2.75, 3.05) is 11.9 Å². The van der Waals surface area contributed by atoms with E-state index in [9.17, 15) is 4.79 Å². The van der Waals surface area contributed by atoms with Gasteiger partial charge in [-0.05, 0) is 50.7 Å². The number of fused-ring (bicyclic) bond motifs is 2. The van der Waals surface area contributed by atoms with E-state index in [2.05, 4.69) is 15.6 Å². The summed E-state index contributed by atoms with van der Waals surface area (Å²) in [6.07, 6.45) is 7.03. The average Bonchev–Trinajstić information content (AvgIpc) is 2.80. The first-order valence-electron chi connectivity index (χ1n) is 7.88. The van der Waals surface area contributed by atoms with E-state index in [0.29, 0.717) is 42.6 Å². The van der Waals surface area contributed by atoms with Gasteiger partial charge in [0.1, 0.15) is 5.69 Å². The van der Waals surface area contributed by atoms with Crippen LogP contribution in [0, 0.1) is 5.92 Å². The molecule has 0 saturated carbocycles. The average molecular weight is 289 g/mol. The molecule has 3 rings (SSSR count). The van der Waals surface area contributed by atoms with Gasteiger partial charge in [0.2, 0.25) is 11.8 Å². The molecule has 114 valence electrons. The fourth-order valence-electron chi connectivity index (χ4n) is 3.54. The van der Waals surface area contributed by atoms with Gasteiger partial charge >= 0.3 is 0 Å². The molecule has 1 aromatic heterocycles. The minimum atomic E-state index is 0.0650. The predicted molar refractivity (Wildman–Crippen MR) is 81.3 cm³/mol. The Morgan fingerprint density at radius 1 is 1.43 bits per heavy atom. The van der Waals surface area contributed by atoms with E-state index in [1.807, 2.05) is 19.1 Å². The number of piperidine rings is 1. The van der Waals surface area contributed by atoms with Gasteiger partial charge < -0.3 is 15.4 Å². The fourth-order valence-corrected chi connectivity index (χ4v) is 3.54. The van der Waals surface area contributed by atoms with E-state index >= 15 is 0 Å². The minimum absolute atomic E-state index is 0.0650. The van der Waals surface area contributed by atoms with Crippen LogP contribution in [-0.4, -0.2) is 29.6 Å². The lowest BCUT2D eigenvalue weighted by atomic mass is 9.89. The van der Waals surface area contributed by atoms with Gasteiger partial charge in [-0.25, -0.2) is 4.98 Å². The van der Waals surface area contributed by atoms with Crippen LogP contribution in [0.15, 0.2) is 18.3 Å². The zero-order chi connectivity index (χ0) is 14.7. The van der Waals surface area contributed by atoms with E-state index in [0.717, 1.165) is 12.8 Å². The number of hydrogen-bond acceptors (Lipinski definition) is 4. The molecule has 0 aliphatic carbocycles. The molecule has 2 bridgehead atoms. The Balaban J connectivity index is 1.57. The first kappa shape index (κ1) is 14.3. The molecule has 2 N–H and O–H groups in total. The second-order valence-corrected chi connectivity index (χ2v) is 6.02. The van der Waals surface area contributed by atoms with Crippen molar-refractivity contribution in [2.24, 2.45) is 5.92 Å². The third-order valence-corrected chi connectivity index (χ3v) is 4.37. The number of hydrogen-bond donors (Lipinski definition) is 2. The minimum Gasteiger partial charge on any atom is -0.476 e. The van der Waals surface area contributed by atoms with Gasteiger partial charge in [0.25, 0.3) is 0 Å². The van der Waals surface area contributed by atoms with Crippen molar-refractivity contribution >= 4 is 11.6 Å². The molecule has 2 aliphatic rings. The summed E-state index contributed by atoms with van der Waals surface area (Å²) in [4.78, 5) is 16.4. The molecule has 2 atom stereocenters. The summed E-state index contributed by atoms with van der Waals surface area (Å²) in [6, 6.07) is 4.89. The van der Waals surface area contributed by atoms with Crippen molar-refractivity contribution < 1.29 is 9.53 Å². The lowest BCUT2D eigenvalue weighted by Gasteiger charge is -2.28. The van der Waals surface area contributed by atoms with Crippen LogP contribution in [0.2, 0.25) is 0 Å².